The van der Waals surface area contributed by atoms with Crippen molar-refractivity contribution in [1.29, 1.82) is 0 Å². The molecule has 8 nitrogen and oxygen atoms in total. The maximum Gasteiger partial charge on any atom is 0.332 e. The lowest BCUT2D eigenvalue weighted by atomic mass is 10.3. The molecule has 134 valence electrons. The van der Waals surface area contributed by atoms with Crippen molar-refractivity contribution in [1.82, 2.24) is 14.1 Å². The second kappa shape index (κ2) is 6.79. The number of fused-ring (bicyclic) bond motifs is 1. The Bertz CT molecular complexity index is 1120. The largest absolute Gasteiger partial charge is 0.484 e. The molecule has 1 aromatic carbocycles. The fraction of sp³-hybridized carbons (Fsp3) is 0.176. The molecule has 1 N–H and O–H groups in total. The Morgan fingerprint density at radius 1 is 1.23 bits per heavy atom. The van der Waals surface area contributed by atoms with Crippen LogP contribution in [0.3, 0.4) is 0 Å². The summed E-state index contributed by atoms with van der Waals surface area (Å²) in [6, 6.07) is 6.86. The van der Waals surface area contributed by atoms with Gasteiger partial charge in [0.1, 0.15) is 17.2 Å². The number of nitrogens with zero attached hydrogens (tertiary/aromatic N) is 3. The molecule has 3 aromatic rings. The molecule has 0 fully saturated rings. The third kappa shape index (κ3) is 3.32. The van der Waals surface area contributed by atoms with Crippen molar-refractivity contribution in [2.24, 2.45) is 14.1 Å². The first-order valence-corrected chi connectivity index (χ1v) is 7.61. The van der Waals surface area contributed by atoms with Gasteiger partial charge in [-0.15, -0.1) is 0 Å². The number of hydrogen-bond donors (Lipinski definition) is 1. The number of nitrogens with one attached hydrogen (secondary N) is 1. The zero-order valence-electron chi connectivity index (χ0n) is 14.0. The first-order chi connectivity index (χ1) is 12.4. The number of aromatic nitrogens is 3. The first-order valence-electron chi connectivity index (χ1n) is 7.61. The van der Waals surface area contributed by atoms with Gasteiger partial charge in [0, 0.05) is 20.2 Å². The Kier molecular flexibility index (Phi) is 4.53. The summed E-state index contributed by atoms with van der Waals surface area (Å²) in [6.45, 7) is -0.340. The van der Waals surface area contributed by atoms with Gasteiger partial charge in [0.25, 0.3) is 11.5 Å². The molecule has 2 aromatic heterocycles. The third-order valence-corrected chi connectivity index (χ3v) is 3.74. The van der Waals surface area contributed by atoms with E-state index in [4.69, 9.17) is 4.74 Å². The zero-order valence-corrected chi connectivity index (χ0v) is 14.0. The van der Waals surface area contributed by atoms with E-state index in [0.717, 1.165) is 10.6 Å². The molecule has 0 bridgehead atoms. The molecule has 0 saturated carbocycles. The molecule has 2 heterocycles. The molecule has 26 heavy (non-hydrogen) atoms. The quantitative estimate of drug-likeness (QED) is 0.744. The van der Waals surface area contributed by atoms with Crippen LogP contribution in [0.5, 0.6) is 5.75 Å². The minimum absolute atomic E-state index is 0.193. The number of pyridine rings is 1. The monoisotopic (exact) mass is 358 g/mol. The number of amides is 1. The number of benzene rings is 1. The number of rotatable bonds is 4. The molecular weight excluding hydrogens is 343 g/mol. The smallest absolute Gasteiger partial charge is 0.332 e. The van der Waals surface area contributed by atoms with Crippen molar-refractivity contribution < 1.29 is 13.9 Å². The van der Waals surface area contributed by atoms with Crippen LogP contribution in [0.2, 0.25) is 0 Å². The topological polar surface area (TPSA) is 95.2 Å². The fourth-order valence-electron chi connectivity index (χ4n) is 2.44. The van der Waals surface area contributed by atoms with E-state index in [1.165, 1.54) is 49.1 Å². The van der Waals surface area contributed by atoms with E-state index in [9.17, 15) is 18.8 Å². The Balaban J connectivity index is 1.79. The van der Waals surface area contributed by atoms with Gasteiger partial charge in [0.15, 0.2) is 6.61 Å². The van der Waals surface area contributed by atoms with E-state index < -0.39 is 23.0 Å². The summed E-state index contributed by atoms with van der Waals surface area (Å²) in [5.74, 6) is -0.749. The summed E-state index contributed by atoms with van der Waals surface area (Å²) in [7, 11) is 2.87. The summed E-state index contributed by atoms with van der Waals surface area (Å²) in [6.07, 6.45) is 1.33. The molecular formula is C17H15FN4O4. The molecule has 0 spiro atoms. The zero-order chi connectivity index (χ0) is 18.8. The molecule has 0 aliphatic rings. The third-order valence-electron chi connectivity index (χ3n) is 3.74. The van der Waals surface area contributed by atoms with Crippen LogP contribution >= 0.6 is 0 Å². The number of carbonyl (C=O) groups excluding carboxylic acids is 1. The predicted molar refractivity (Wildman–Crippen MR) is 92.7 cm³/mol. The Labute approximate surface area is 146 Å². The van der Waals surface area contributed by atoms with Crippen LogP contribution in [0.15, 0.2) is 46.1 Å². The lowest BCUT2D eigenvalue weighted by Gasteiger charge is -2.10. The second-order valence-electron chi connectivity index (χ2n) is 5.60. The van der Waals surface area contributed by atoms with E-state index in [1.54, 1.807) is 0 Å². The number of carbonyl (C=O) groups is 1. The number of ether oxygens (including phenoxy) is 1. The lowest BCUT2D eigenvalue weighted by Crippen LogP contribution is -2.37. The highest BCUT2D eigenvalue weighted by atomic mass is 19.1. The van der Waals surface area contributed by atoms with Gasteiger partial charge in [-0.3, -0.25) is 18.7 Å². The van der Waals surface area contributed by atoms with Crippen molar-refractivity contribution in [2.75, 3.05) is 11.9 Å². The Hall–Kier alpha value is -3.49. The minimum atomic E-state index is -0.511. The number of aryl methyl sites for hydroxylation is 1. The highest BCUT2D eigenvalue weighted by Crippen LogP contribution is 2.13. The molecule has 3 rings (SSSR count). The number of halogens is 1. The summed E-state index contributed by atoms with van der Waals surface area (Å²) in [4.78, 5) is 40.2. The van der Waals surface area contributed by atoms with Gasteiger partial charge in [0.2, 0.25) is 0 Å². The summed E-state index contributed by atoms with van der Waals surface area (Å²) < 4.78 is 20.5. The van der Waals surface area contributed by atoms with Crippen molar-refractivity contribution >= 4 is 22.6 Å². The van der Waals surface area contributed by atoms with Crippen LogP contribution in [-0.2, 0) is 18.9 Å². The first kappa shape index (κ1) is 17.3. The van der Waals surface area contributed by atoms with Gasteiger partial charge >= 0.3 is 5.69 Å². The molecule has 0 saturated heterocycles. The van der Waals surface area contributed by atoms with E-state index >= 15 is 0 Å². The minimum Gasteiger partial charge on any atom is -0.484 e. The maximum absolute atomic E-state index is 13.1. The average Bonchev–Trinajstić information content (AvgIpc) is 2.63. The predicted octanol–water partition coefficient (Wildman–Crippen LogP) is 0.789. The van der Waals surface area contributed by atoms with Gasteiger partial charge < -0.3 is 10.1 Å². The van der Waals surface area contributed by atoms with Crippen LogP contribution in [0.1, 0.15) is 0 Å². The molecule has 9 heteroatoms. The van der Waals surface area contributed by atoms with Crippen molar-refractivity contribution in [3.05, 3.63) is 63.2 Å². The molecule has 0 aliphatic heterocycles. The number of anilines is 1. The molecule has 0 aliphatic carbocycles. The summed E-state index contributed by atoms with van der Waals surface area (Å²) >= 11 is 0. The van der Waals surface area contributed by atoms with Crippen LogP contribution < -0.4 is 21.3 Å². The Morgan fingerprint density at radius 3 is 2.73 bits per heavy atom. The SMILES string of the molecule is Cn1c(=O)c2cc(NC(=O)COc3cccc(F)c3)cnc2n(C)c1=O. The second-order valence-corrected chi connectivity index (χ2v) is 5.60. The van der Waals surface area contributed by atoms with Gasteiger partial charge in [-0.05, 0) is 18.2 Å². The van der Waals surface area contributed by atoms with Crippen molar-refractivity contribution in [2.45, 2.75) is 0 Å². The van der Waals surface area contributed by atoms with Gasteiger partial charge in [-0.2, -0.15) is 0 Å². The molecule has 0 unspecified atom stereocenters. The fourth-order valence-corrected chi connectivity index (χ4v) is 2.44. The van der Waals surface area contributed by atoms with Gasteiger partial charge in [-0.1, -0.05) is 6.07 Å². The van der Waals surface area contributed by atoms with Crippen LogP contribution in [0.4, 0.5) is 10.1 Å². The van der Waals surface area contributed by atoms with Crippen LogP contribution in [0.25, 0.3) is 11.0 Å². The van der Waals surface area contributed by atoms with Crippen molar-refractivity contribution in [3.63, 3.8) is 0 Å². The van der Waals surface area contributed by atoms with E-state index in [1.807, 2.05) is 0 Å². The molecule has 1 amide bonds. The summed E-state index contributed by atoms with van der Waals surface area (Å²) in [5, 5.41) is 2.74. The molecule has 0 radical (unpaired) electrons. The summed E-state index contributed by atoms with van der Waals surface area (Å²) in [5.41, 5.74) is -0.508. The highest BCUT2D eigenvalue weighted by Gasteiger charge is 2.11. The lowest BCUT2D eigenvalue weighted by molar-refractivity contribution is -0.118. The standard InChI is InChI=1S/C17H15FN4O4/c1-21-15-13(16(24)22(2)17(21)25)7-11(8-19-15)20-14(23)9-26-12-5-3-4-10(18)6-12/h3-8H,9H2,1-2H3,(H,20,23). The van der Waals surface area contributed by atoms with Gasteiger partial charge in [0.05, 0.1) is 17.3 Å². The Morgan fingerprint density at radius 2 is 2.00 bits per heavy atom. The van der Waals surface area contributed by atoms with E-state index in [0.29, 0.717) is 0 Å². The maximum atomic E-state index is 13.1. The van der Waals surface area contributed by atoms with E-state index in [2.05, 4.69) is 10.3 Å². The van der Waals surface area contributed by atoms with Gasteiger partial charge in [-0.25, -0.2) is 14.2 Å². The average molecular weight is 358 g/mol. The highest BCUT2D eigenvalue weighted by molar-refractivity contribution is 5.93. The molecule has 0 atom stereocenters. The van der Waals surface area contributed by atoms with Crippen molar-refractivity contribution in [3.8, 4) is 5.75 Å². The van der Waals surface area contributed by atoms with E-state index in [-0.39, 0.29) is 29.1 Å². The van der Waals surface area contributed by atoms with Crippen LogP contribution in [0, 0.1) is 5.82 Å². The number of hydrogen-bond acceptors (Lipinski definition) is 5. The van der Waals surface area contributed by atoms with Crippen LogP contribution in [-0.4, -0.2) is 26.6 Å². The normalized spacial score (nSPS) is 10.7.